The molecule has 2 unspecified atom stereocenters. The first-order chi connectivity index (χ1) is 8.96. The van der Waals surface area contributed by atoms with E-state index >= 15 is 0 Å². The molecule has 2 aliphatic heterocycles. The van der Waals surface area contributed by atoms with Crippen molar-refractivity contribution in [1.82, 2.24) is 4.90 Å². The Morgan fingerprint density at radius 2 is 2.26 bits per heavy atom. The lowest BCUT2D eigenvalue weighted by Crippen LogP contribution is -2.52. The number of rotatable bonds is 6. The number of unbranched alkanes of at least 4 members (excludes halogenated alkanes) is 2. The summed E-state index contributed by atoms with van der Waals surface area (Å²) in [6.45, 7) is 8.85. The fraction of sp³-hybridized carbons (Fsp3) is 0.733. The standard InChI is InChI=1S/C15H24N2OS/c1-5-6-7-8-14(2,3)15(4)12(11-18)17-9-10-19-13(17)16-15/h9-12H,5-8H2,1-4H3. The molecule has 4 heteroatoms. The number of hydrogen-bond donors (Lipinski definition) is 0. The highest BCUT2D eigenvalue weighted by molar-refractivity contribution is 8.16. The molecule has 2 heterocycles. The highest BCUT2D eigenvalue weighted by atomic mass is 32.2. The molecule has 0 aromatic heterocycles. The van der Waals surface area contributed by atoms with Crippen LogP contribution in [0, 0.1) is 5.41 Å². The van der Waals surface area contributed by atoms with Gasteiger partial charge in [0.15, 0.2) is 5.17 Å². The minimum atomic E-state index is -0.324. The molecule has 2 atom stereocenters. The molecule has 19 heavy (non-hydrogen) atoms. The molecular weight excluding hydrogens is 256 g/mol. The number of carbonyl (C=O) groups excluding carboxylic acids is 1. The summed E-state index contributed by atoms with van der Waals surface area (Å²) >= 11 is 1.62. The van der Waals surface area contributed by atoms with Crippen LogP contribution in [-0.4, -0.2) is 27.9 Å². The Hall–Kier alpha value is -0.770. The second kappa shape index (κ2) is 5.31. The van der Waals surface area contributed by atoms with E-state index in [0.29, 0.717) is 0 Å². The minimum Gasteiger partial charge on any atom is -0.314 e. The molecule has 106 valence electrons. The maximum Gasteiger partial charge on any atom is 0.169 e. The summed E-state index contributed by atoms with van der Waals surface area (Å²) in [6.07, 6.45) is 7.84. The first kappa shape index (κ1) is 14.6. The second-order valence-corrected chi connectivity index (χ2v) is 7.15. The highest BCUT2D eigenvalue weighted by Gasteiger charge is 2.54. The lowest BCUT2D eigenvalue weighted by atomic mass is 9.67. The van der Waals surface area contributed by atoms with E-state index in [9.17, 15) is 4.79 Å². The normalized spacial score (nSPS) is 29.6. The van der Waals surface area contributed by atoms with Crippen molar-refractivity contribution in [3.8, 4) is 0 Å². The van der Waals surface area contributed by atoms with E-state index in [1.165, 1.54) is 19.3 Å². The number of nitrogens with zero attached hydrogens (tertiary/aromatic N) is 2. The van der Waals surface area contributed by atoms with Crippen LogP contribution >= 0.6 is 11.8 Å². The van der Waals surface area contributed by atoms with Gasteiger partial charge >= 0.3 is 0 Å². The van der Waals surface area contributed by atoms with E-state index in [1.807, 2.05) is 16.5 Å². The average molecular weight is 280 g/mol. The molecule has 0 aliphatic carbocycles. The second-order valence-electron chi connectivity index (χ2n) is 6.27. The van der Waals surface area contributed by atoms with Gasteiger partial charge < -0.3 is 9.69 Å². The van der Waals surface area contributed by atoms with Gasteiger partial charge in [0.1, 0.15) is 12.3 Å². The van der Waals surface area contributed by atoms with Gasteiger partial charge in [0.05, 0.1) is 5.54 Å². The summed E-state index contributed by atoms with van der Waals surface area (Å²) in [5, 5.41) is 2.97. The zero-order chi connectivity index (χ0) is 14.1. The number of hydrogen-bond acceptors (Lipinski definition) is 4. The topological polar surface area (TPSA) is 32.7 Å². The Kier molecular flexibility index (Phi) is 4.09. The Bertz CT molecular complexity index is 416. The van der Waals surface area contributed by atoms with Gasteiger partial charge in [0.2, 0.25) is 0 Å². The van der Waals surface area contributed by atoms with Crippen LogP contribution in [0.5, 0.6) is 0 Å². The Labute approximate surface area is 120 Å². The number of aldehydes is 1. The lowest BCUT2D eigenvalue weighted by Gasteiger charge is -2.42. The van der Waals surface area contributed by atoms with E-state index in [-0.39, 0.29) is 17.0 Å². The monoisotopic (exact) mass is 280 g/mol. The summed E-state index contributed by atoms with van der Waals surface area (Å²) in [6, 6.07) is -0.162. The lowest BCUT2D eigenvalue weighted by molar-refractivity contribution is -0.113. The molecule has 0 amide bonds. The third kappa shape index (κ3) is 2.35. The van der Waals surface area contributed by atoms with Crippen molar-refractivity contribution in [3.05, 3.63) is 11.6 Å². The zero-order valence-electron chi connectivity index (χ0n) is 12.3. The van der Waals surface area contributed by atoms with Crippen LogP contribution in [0.3, 0.4) is 0 Å². The van der Waals surface area contributed by atoms with Gasteiger partial charge in [-0.15, -0.1) is 0 Å². The predicted octanol–water partition coefficient (Wildman–Crippen LogP) is 3.81. The first-order valence-electron chi connectivity index (χ1n) is 7.13. The highest BCUT2D eigenvalue weighted by Crippen LogP contribution is 2.48. The van der Waals surface area contributed by atoms with E-state index in [0.717, 1.165) is 17.9 Å². The van der Waals surface area contributed by atoms with Gasteiger partial charge in [0, 0.05) is 6.20 Å². The molecule has 0 saturated carbocycles. The van der Waals surface area contributed by atoms with Crippen molar-refractivity contribution in [2.24, 2.45) is 10.4 Å². The number of carbonyl (C=O) groups is 1. The molecule has 0 radical (unpaired) electrons. The summed E-state index contributed by atoms with van der Waals surface area (Å²) in [5.74, 6) is 0. The number of fused-ring (bicyclic) bond motifs is 1. The third-order valence-electron chi connectivity index (χ3n) is 4.72. The van der Waals surface area contributed by atoms with E-state index in [4.69, 9.17) is 4.99 Å². The summed E-state index contributed by atoms with van der Waals surface area (Å²) < 4.78 is 0. The number of amidine groups is 1. The van der Waals surface area contributed by atoms with Gasteiger partial charge in [-0.2, -0.15) is 0 Å². The van der Waals surface area contributed by atoms with E-state index in [2.05, 4.69) is 27.7 Å². The van der Waals surface area contributed by atoms with Gasteiger partial charge in [0.25, 0.3) is 0 Å². The zero-order valence-corrected chi connectivity index (χ0v) is 13.2. The van der Waals surface area contributed by atoms with E-state index < -0.39 is 0 Å². The third-order valence-corrected chi connectivity index (χ3v) is 5.49. The summed E-state index contributed by atoms with van der Waals surface area (Å²) in [4.78, 5) is 18.5. The van der Waals surface area contributed by atoms with Gasteiger partial charge in [-0.1, -0.05) is 51.8 Å². The van der Waals surface area contributed by atoms with Crippen LogP contribution in [0.15, 0.2) is 16.6 Å². The molecular formula is C15H24N2OS. The maximum atomic E-state index is 11.6. The molecule has 0 saturated heterocycles. The van der Waals surface area contributed by atoms with Crippen molar-refractivity contribution in [2.45, 2.75) is 65.0 Å². The van der Waals surface area contributed by atoms with Gasteiger partial charge in [-0.05, 0) is 24.2 Å². The molecule has 0 N–H and O–H groups in total. The van der Waals surface area contributed by atoms with Crippen LogP contribution in [0.2, 0.25) is 0 Å². The average Bonchev–Trinajstić information content (AvgIpc) is 2.87. The van der Waals surface area contributed by atoms with Crippen LogP contribution in [0.4, 0.5) is 0 Å². The van der Waals surface area contributed by atoms with Crippen molar-refractivity contribution >= 4 is 23.2 Å². The summed E-state index contributed by atoms with van der Waals surface area (Å²) in [7, 11) is 0. The van der Waals surface area contributed by atoms with Crippen LogP contribution in [-0.2, 0) is 4.79 Å². The quantitative estimate of drug-likeness (QED) is 0.548. The Morgan fingerprint density at radius 1 is 1.53 bits per heavy atom. The molecule has 0 bridgehead atoms. The number of aliphatic imine (C=N–C) groups is 1. The predicted molar refractivity (Wildman–Crippen MR) is 82.2 cm³/mol. The molecule has 0 spiro atoms. The van der Waals surface area contributed by atoms with E-state index in [1.54, 1.807) is 11.8 Å². The molecule has 0 fully saturated rings. The molecule has 2 rings (SSSR count). The molecule has 3 nitrogen and oxygen atoms in total. The Morgan fingerprint density at radius 3 is 2.89 bits per heavy atom. The summed E-state index contributed by atoms with van der Waals surface area (Å²) in [5.41, 5.74) is -0.297. The van der Waals surface area contributed by atoms with Gasteiger partial charge in [-0.3, -0.25) is 4.99 Å². The Balaban J connectivity index is 2.21. The fourth-order valence-corrected chi connectivity index (χ4v) is 3.78. The van der Waals surface area contributed by atoms with Crippen molar-refractivity contribution < 1.29 is 4.79 Å². The van der Waals surface area contributed by atoms with Crippen molar-refractivity contribution in [3.63, 3.8) is 0 Å². The molecule has 0 aromatic rings. The van der Waals surface area contributed by atoms with Crippen molar-refractivity contribution in [2.75, 3.05) is 0 Å². The largest absolute Gasteiger partial charge is 0.314 e. The van der Waals surface area contributed by atoms with Crippen LogP contribution in [0.1, 0.15) is 53.4 Å². The molecule has 0 aromatic carbocycles. The minimum absolute atomic E-state index is 0.0273. The first-order valence-corrected chi connectivity index (χ1v) is 8.01. The van der Waals surface area contributed by atoms with Crippen LogP contribution in [0.25, 0.3) is 0 Å². The number of thioether (sulfide) groups is 1. The van der Waals surface area contributed by atoms with Crippen LogP contribution < -0.4 is 0 Å². The fourth-order valence-electron chi connectivity index (χ4n) is 2.93. The van der Waals surface area contributed by atoms with Gasteiger partial charge in [-0.25, -0.2) is 0 Å². The smallest absolute Gasteiger partial charge is 0.169 e. The molecule has 2 aliphatic rings. The SMILES string of the molecule is CCCCCC(C)(C)C1(C)N=C2SC=CN2C1C=O. The van der Waals surface area contributed by atoms with Crippen molar-refractivity contribution in [1.29, 1.82) is 0 Å². The maximum absolute atomic E-state index is 11.6.